The van der Waals surface area contributed by atoms with Gasteiger partial charge in [-0.2, -0.15) is 0 Å². The van der Waals surface area contributed by atoms with Crippen molar-refractivity contribution in [2.24, 2.45) is 5.41 Å². The molecule has 1 aromatic rings. The number of carbonyl (C=O) groups excluding carboxylic acids is 1. The fourth-order valence-corrected chi connectivity index (χ4v) is 3.12. The van der Waals surface area contributed by atoms with E-state index in [0.717, 1.165) is 44.3 Å². The summed E-state index contributed by atoms with van der Waals surface area (Å²) in [5, 5.41) is 3.42. The molecule has 1 N–H and O–H groups in total. The Morgan fingerprint density at radius 2 is 2.05 bits per heavy atom. The van der Waals surface area contributed by atoms with Crippen molar-refractivity contribution in [1.82, 2.24) is 5.32 Å². The predicted molar refractivity (Wildman–Crippen MR) is 79.3 cm³/mol. The Bertz CT molecular complexity index is 410. The van der Waals surface area contributed by atoms with Gasteiger partial charge in [-0.1, -0.05) is 43.2 Å². The van der Waals surface area contributed by atoms with E-state index in [1.54, 1.807) is 0 Å². The van der Waals surface area contributed by atoms with Crippen molar-refractivity contribution in [2.45, 2.75) is 46.0 Å². The van der Waals surface area contributed by atoms with Crippen LogP contribution in [0.5, 0.6) is 0 Å². The summed E-state index contributed by atoms with van der Waals surface area (Å²) < 4.78 is 0. The Kier molecular flexibility index (Phi) is 4.76. The van der Waals surface area contributed by atoms with Crippen LogP contribution < -0.4 is 5.32 Å². The van der Waals surface area contributed by atoms with Gasteiger partial charge in [0.15, 0.2) is 0 Å². The van der Waals surface area contributed by atoms with E-state index in [9.17, 15) is 4.79 Å². The van der Waals surface area contributed by atoms with Crippen molar-refractivity contribution in [3.05, 3.63) is 35.4 Å². The minimum atomic E-state index is -0.113. The van der Waals surface area contributed by atoms with Crippen LogP contribution in [0.1, 0.15) is 43.7 Å². The average Bonchev–Trinajstić information content (AvgIpc) is 2.43. The van der Waals surface area contributed by atoms with E-state index in [2.05, 4.69) is 43.4 Å². The van der Waals surface area contributed by atoms with Crippen LogP contribution in [0.25, 0.3) is 0 Å². The third kappa shape index (κ3) is 3.44. The zero-order chi connectivity index (χ0) is 13.7. The van der Waals surface area contributed by atoms with E-state index in [1.807, 2.05) is 0 Å². The molecule has 104 valence electrons. The fourth-order valence-electron chi connectivity index (χ4n) is 3.12. The quantitative estimate of drug-likeness (QED) is 0.879. The molecule has 1 unspecified atom stereocenters. The van der Waals surface area contributed by atoms with Gasteiger partial charge in [-0.15, -0.1) is 0 Å². The smallest absolute Gasteiger partial charge is 0.144 e. The maximum absolute atomic E-state index is 12.7. The zero-order valence-corrected chi connectivity index (χ0v) is 12.2. The van der Waals surface area contributed by atoms with Crippen molar-refractivity contribution in [1.29, 1.82) is 0 Å². The van der Waals surface area contributed by atoms with E-state index in [4.69, 9.17) is 0 Å². The second-order valence-corrected chi connectivity index (χ2v) is 5.90. The van der Waals surface area contributed by atoms with Gasteiger partial charge in [0.05, 0.1) is 0 Å². The molecule has 2 rings (SSSR count). The summed E-state index contributed by atoms with van der Waals surface area (Å²) in [6, 6.07) is 8.36. The Balaban J connectivity index is 2.09. The topological polar surface area (TPSA) is 29.1 Å². The molecular formula is C17H25NO. The number of benzene rings is 1. The molecule has 0 amide bonds. The van der Waals surface area contributed by atoms with Gasteiger partial charge in [-0.05, 0) is 38.3 Å². The van der Waals surface area contributed by atoms with Crippen LogP contribution in [0, 0.1) is 12.3 Å². The lowest BCUT2D eigenvalue weighted by atomic mass is 9.72. The van der Waals surface area contributed by atoms with Crippen molar-refractivity contribution >= 4 is 5.78 Å². The van der Waals surface area contributed by atoms with Gasteiger partial charge < -0.3 is 5.32 Å². The molecule has 2 nitrogen and oxygen atoms in total. The maximum Gasteiger partial charge on any atom is 0.144 e. The van der Waals surface area contributed by atoms with Gasteiger partial charge in [0.1, 0.15) is 5.78 Å². The molecule has 0 radical (unpaired) electrons. The first-order valence-corrected chi connectivity index (χ1v) is 7.46. The molecule has 0 saturated carbocycles. The third-order valence-electron chi connectivity index (χ3n) is 4.28. The monoisotopic (exact) mass is 259 g/mol. The number of rotatable bonds is 5. The van der Waals surface area contributed by atoms with Gasteiger partial charge >= 0.3 is 0 Å². The van der Waals surface area contributed by atoms with Gasteiger partial charge in [0.25, 0.3) is 0 Å². The van der Waals surface area contributed by atoms with Crippen LogP contribution in [0.2, 0.25) is 0 Å². The SMILES string of the molecule is CCCC1(C(=O)Cc2ccc(C)cc2)CCCNC1. The van der Waals surface area contributed by atoms with E-state index < -0.39 is 0 Å². The lowest BCUT2D eigenvalue weighted by molar-refractivity contribution is -0.129. The lowest BCUT2D eigenvalue weighted by Crippen LogP contribution is -2.46. The molecule has 19 heavy (non-hydrogen) atoms. The van der Waals surface area contributed by atoms with Crippen LogP contribution in [0.15, 0.2) is 24.3 Å². The summed E-state index contributed by atoms with van der Waals surface area (Å²) in [5.41, 5.74) is 2.29. The number of carbonyl (C=O) groups is 1. The zero-order valence-electron chi connectivity index (χ0n) is 12.2. The number of hydrogen-bond acceptors (Lipinski definition) is 2. The molecule has 1 heterocycles. The third-order valence-corrected chi connectivity index (χ3v) is 4.28. The van der Waals surface area contributed by atoms with Crippen LogP contribution >= 0.6 is 0 Å². The molecule has 1 fully saturated rings. The van der Waals surface area contributed by atoms with Crippen molar-refractivity contribution in [3.8, 4) is 0 Å². The highest BCUT2D eigenvalue weighted by Crippen LogP contribution is 2.33. The van der Waals surface area contributed by atoms with Crippen molar-refractivity contribution in [2.75, 3.05) is 13.1 Å². The Hall–Kier alpha value is -1.15. The number of hydrogen-bond donors (Lipinski definition) is 1. The van der Waals surface area contributed by atoms with Gasteiger partial charge in [-0.3, -0.25) is 4.79 Å². The summed E-state index contributed by atoms with van der Waals surface area (Å²) in [5.74, 6) is 0.422. The van der Waals surface area contributed by atoms with E-state index in [-0.39, 0.29) is 5.41 Å². The number of Topliss-reactive ketones (excluding diaryl/α,β-unsaturated/α-hetero) is 1. The standard InChI is InChI=1S/C17H25NO/c1-3-9-17(10-4-11-18-13-17)16(19)12-15-7-5-14(2)6-8-15/h5-8,18H,3-4,9-13H2,1-2H3. The summed E-state index contributed by atoms with van der Waals surface area (Å²) in [4.78, 5) is 12.7. The number of piperidine rings is 1. The number of ketones is 1. The lowest BCUT2D eigenvalue weighted by Gasteiger charge is -2.36. The van der Waals surface area contributed by atoms with Gasteiger partial charge in [0, 0.05) is 18.4 Å². The van der Waals surface area contributed by atoms with Crippen molar-refractivity contribution < 1.29 is 4.79 Å². The number of aryl methyl sites for hydroxylation is 1. The molecule has 0 bridgehead atoms. The van der Waals surface area contributed by atoms with Crippen molar-refractivity contribution in [3.63, 3.8) is 0 Å². The molecular weight excluding hydrogens is 234 g/mol. The fraction of sp³-hybridized carbons (Fsp3) is 0.588. The maximum atomic E-state index is 12.7. The minimum absolute atomic E-state index is 0.113. The molecule has 1 atom stereocenters. The normalized spacial score (nSPS) is 23.3. The van der Waals surface area contributed by atoms with Gasteiger partial charge in [0.2, 0.25) is 0 Å². The predicted octanol–water partition coefficient (Wildman–Crippen LogP) is 3.28. The Labute approximate surface area is 116 Å². The highest BCUT2D eigenvalue weighted by Gasteiger charge is 2.37. The molecule has 1 aliphatic heterocycles. The molecule has 1 aromatic carbocycles. The van der Waals surface area contributed by atoms with E-state index in [1.165, 1.54) is 5.56 Å². The second kappa shape index (κ2) is 6.33. The molecule has 2 heteroatoms. The molecule has 0 aromatic heterocycles. The van der Waals surface area contributed by atoms with Crippen LogP contribution in [0.4, 0.5) is 0 Å². The number of nitrogens with one attached hydrogen (secondary N) is 1. The van der Waals surface area contributed by atoms with Crippen LogP contribution in [-0.2, 0) is 11.2 Å². The highest BCUT2D eigenvalue weighted by atomic mass is 16.1. The Morgan fingerprint density at radius 3 is 2.63 bits per heavy atom. The first-order chi connectivity index (χ1) is 9.16. The van der Waals surface area contributed by atoms with Crippen LogP contribution in [-0.4, -0.2) is 18.9 Å². The molecule has 0 spiro atoms. The minimum Gasteiger partial charge on any atom is -0.316 e. The summed E-state index contributed by atoms with van der Waals surface area (Å²) in [6.07, 6.45) is 4.87. The molecule has 1 saturated heterocycles. The largest absolute Gasteiger partial charge is 0.316 e. The first kappa shape index (κ1) is 14.3. The van der Waals surface area contributed by atoms with Crippen LogP contribution in [0.3, 0.4) is 0 Å². The van der Waals surface area contributed by atoms with E-state index in [0.29, 0.717) is 12.2 Å². The molecule has 1 aliphatic rings. The molecule has 0 aliphatic carbocycles. The van der Waals surface area contributed by atoms with E-state index >= 15 is 0 Å². The average molecular weight is 259 g/mol. The summed E-state index contributed by atoms with van der Waals surface area (Å²) in [6.45, 7) is 6.18. The highest BCUT2D eigenvalue weighted by molar-refractivity contribution is 5.87. The first-order valence-electron chi connectivity index (χ1n) is 7.46. The van der Waals surface area contributed by atoms with Gasteiger partial charge in [-0.25, -0.2) is 0 Å². The summed E-state index contributed by atoms with van der Waals surface area (Å²) >= 11 is 0. The second-order valence-electron chi connectivity index (χ2n) is 5.90. The summed E-state index contributed by atoms with van der Waals surface area (Å²) in [7, 11) is 0. The Morgan fingerprint density at radius 1 is 1.32 bits per heavy atom.